The first-order valence-electron chi connectivity index (χ1n) is 13.6. The van der Waals surface area contributed by atoms with E-state index in [2.05, 4.69) is 6.92 Å². The Balaban J connectivity index is 1.51. The lowest BCUT2D eigenvalue weighted by molar-refractivity contribution is -0.215. The normalized spacial score (nSPS) is 28.3. The number of carbonyl (C=O) groups excluding carboxylic acids is 2. The molecular formula is C29H44O9. The van der Waals surface area contributed by atoms with Gasteiger partial charge in [-0.05, 0) is 42.9 Å². The summed E-state index contributed by atoms with van der Waals surface area (Å²) < 4.78 is 40.3. The molecular weight excluding hydrogens is 492 g/mol. The Hall–Kier alpha value is -2.20. The molecule has 0 radical (unpaired) electrons. The minimum Gasteiger partial charge on any atom is -0.497 e. The van der Waals surface area contributed by atoms with Gasteiger partial charge in [0.25, 0.3) is 0 Å². The average Bonchev–Trinajstić information content (AvgIpc) is 2.87. The molecule has 0 saturated carbocycles. The smallest absolute Gasteiger partial charge is 0.304 e. The third-order valence-electron chi connectivity index (χ3n) is 7.25. The van der Waals surface area contributed by atoms with Crippen molar-refractivity contribution < 1.29 is 42.7 Å². The summed E-state index contributed by atoms with van der Waals surface area (Å²) in [4.78, 5) is 23.1. The summed E-state index contributed by atoms with van der Waals surface area (Å²) in [5, 5.41) is 0. The van der Waals surface area contributed by atoms with E-state index in [1.807, 2.05) is 24.3 Å². The molecule has 1 aromatic rings. The van der Waals surface area contributed by atoms with E-state index in [9.17, 15) is 9.59 Å². The van der Waals surface area contributed by atoms with Gasteiger partial charge in [0.2, 0.25) is 6.29 Å². The zero-order valence-electron chi connectivity index (χ0n) is 23.4. The van der Waals surface area contributed by atoms with Crippen LogP contribution in [-0.4, -0.2) is 69.6 Å². The highest BCUT2D eigenvalue weighted by Gasteiger charge is 2.36. The second-order valence-electron chi connectivity index (χ2n) is 10.4. The van der Waals surface area contributed by atoms with Gasteiger partial charge in [-0.2, -0.15) is 0 Å². The third kappa shape index (κ3) is 10.2. The van der Waals surface area contributed by atoms with E-state index in [1.165, 1.54) is 13.8 Å². The van der Waals surface area contributed by atoms with Gasteiger partial charge in [0.05, 0.1) is 38.1 Å². The molecule has 0 spiro atoms. The molecule has 2 aliphatic heterocycles. The Bertz CT molecular complexity index is 858. The molecule has 0 aliphatic carbocycles. The SMILES string of the molecule is COc1ccc(COCC[C@H]2C[C@@H](OC(C)=O)C[C@@H](C[C@@H](C[C@H]3OC(OC(C)=O)CC[C@@H]3C)OC)O2)cc1. The minimum absolute atomic E-state index is 0.0759. The van der Waals surface area contributed by atoms with Crippen molar-refractivity contribution in [2.24, 2.45) is 5.92 Å². The molecule has 0 N–H and O–H groups in total. The van der Waals surface area contributed by atoms with Crippen molar-refractivity contribution in [3.05, 3.63) is 29.8 Å². The van der Waals surface area contributed by atoms with Crippen LogP contribution in [0.5, 0.6) is 5.75 Å². The molecule has 9 nitrogen and oxygen atoms in total. The molecule has 2 aliphatic rings. The predicted molar refractivity (Wildman–Crippen MR) is 140 cm³/mol. The number of rotatable bonds is 13. The largest absolute Gasteiger partial charge is 0.497 e. The third-order valence-corrected chi connectivity index (χ3v) is 7.25. The molecule has 9 heteroatoms. The van der Waals surface area contributed by atoms with Gasteiger partial charge < -0.3 is 33.2 Å². The molecule has 0 bridgehead atoms. The van der Waals surface area contributed by atoms with E-state index < -0.39 is 6.29 Å². The van der Waals surface area contributed by atoms with Gasteiger partial charge in [0, 0.05) is 53.2 Å². The first kappa shape index (κ1) is 30.3. The second kappa shape index (κ2) is 15.4. The number of benzene rings is 1. The van der Waals surface area contributed by atoms with Crippen LogP contribution in [0.4, 0.5) is 0 Å². The first-order chi connectivity index (χ1) is 18.2. The Kier molecular flexibility index (Phi) is 12.3. The summed E-state index contributed by atoms with van der Waals surface area (Å²) in [6.07, 6.45) is 3.84. The molecule has 7 atom stereocenters. The lowest BCUT2D eigenvalue weighted by atomic mass is 9.89. The zero-order chi connectivity index (χ0) is 27.5. The summed E-state index contributed by atoms with van der Waals surface area (Å²) in [6.45, 7) is 6.03. The summed E-state index contributed by atoms with van der Waals surface area (Å²) in [6, 6.07) is 7.80. The lowest BCUT2D eigenvalue weighted by Gasteiger charge is -2.38. The van der Waals surface area contributed by atoms with Gasteiger partial charge in [-0.3, -0.25) is 9.59 Å². The second-order valence-corrected chi connectivity index (χ2v) is 10.4. The van der Waals surface area contributed by atoms with Gasteiger partial charge in [-0.1, -0.05) is 19.1 Å². The van der Waals surface area contributed by atoms with Gasteiger partial charge >= 0.3 is 11.9 Å². The van der Waals surface area contributed by atoms with Crippen molar-refractivity contribution >= 4 is 11.9 Å². The maximum atomic E-state index is 11.7. The maximum absolute atomic E-state index is 11.7. The molecule has 1 aromatic carbocycles. The van der Waals surface area contributed by atoms with E-state index in [1.54, 1.807) is 14.2 Å². The molecule has 2 saturated heterocycles. The zero-order valence-corrected chi connectivity index (χ0v) is 23.4. The fraction of sp³-hybridized carbons (Fsp3) is 0.724. The van der Waals surface area contributed by atoms with Crippen LogP contribution in [0.3, 0.4) is 0 Å². The average molecular weight is 537 g/mol. The number of hydrogen-bond donors (Lipinski definition) is 0. The van der Waals surface area contributed by atoms with Crippen molar-refractivity contribution in [2.75, 3.05) is 20.8 Å². The Morgan fingerprint density at radius 1 is 0.947 bits per heavy atom. The summed E-state index contributed by atoms with van der Waals surface area (Å²) in [7, 11) is 3.34. The van der Waals surface area contributed by atoms with E-state index in [-0.39, 0.29) is 42.5 Å². The van der Waals surface area contributed by atoms with E-state index in [0.29, 0.717) is 57.7 Å². The summed E-state index contributed by atoms with van der Waals surface area (Å²) in [5.74, 6) is 0.526. The van der Waals surface area contributed by atoms with Crippen LogP contribution in [0.2, 0.25) is 0 Å². The van der Waals surface area contributed by atoms with E-state index >= 15 is 0 Å². The van der Waals surface area contributed by atoms with Crippen LogP contribution in [0.15, 0.2) is 24.3 Å². The van der Waals surface area contributed by atoms with Crippen molar-refractivity contribution in [1.82, 2.24) is 0 Å². The van der Waals surface area contributed by atoms with Crippen molar-refractivity contribution in [3.8, 4) is 5.75 Å². The van der Waals surface area contributed by atoms with Crippen molar-refractivity contribution in [1.29, 1.82) is 0 Å². The van der Waals surface area contributed by atoms with Crippen LogP contribution in [0.1, 0.15) is 71.3 Å². The van der Waals surface area contributed by atoms with Gasteiger partial charge in [-0.15, -0.1) is 0 Å². The van der Waals surface area contributed by atoms with Gasteiger partial charge in [0.1, 0.15) is 11.9 Å². The number of methoxy groups -OCH3 is 2. The van der Waals surface area contributed by atoms with Crippen LogP contribution < -0.4 is 4.74 Å². The van der Waals surface area contributed by atoms with Crippen LogP contribution in [0.25, 0.3) is 0 Å². The maximum Gasteiger partial charge on any atom is 0.304 e. The monoisotopic (exact) mass is 536 g/mol. The fourth-order valence-corrected chi connectivity index (χ4v) is 5.24. The highest BCUT2D eigenvalue weighted by atomic mass is 16.7. The van der Waals surface area contributed by atoms with Crippen molar-refractivity contribution in [2.45, 2.75) is 109 Å². The molecule has 1 unspecified atom stereocenters. The molecule has 2 heterocycles. The molecule has 2 fully saturated rings. The summed E-state index contributed by atoms with van der Waals surface area (Å²) >= 11 is 0. The predicted octanol–water partition coefficient (Wildman–Crippen LogP) is 4.58. The Labute approximate surface area is 226 Å². The van der Waals surface area contributed by atoms with E-state index in [0.717, 1.165) is 17.7 Å². The number of ether oxygens (including phenoxy) is 7. The number of esters is 2. The van der Waals surface area contributed by atoms with Crippen LogP contribution in [0, 0.1) is 5.92 Å². The topological polar surface area (TPSA) is 98.8 Å². The Morgan fingerprint density at radius 3 is 2.32 bits per heavy atom. The molecule has 0 aromatic heterocycles. The van der Waals surface area contributed by atoms with Crippen LogP contribution >= 0.6 is 0 Å². The van der Waals surface area contributed by atoms with Crippen LogP contribution in [-0.2, 0) is 44.6 Å². The molecule has 38 heavy (non-hydrogen) atoms. The fourth-order valence-electron chi connectivity index (χ4n) is 5.24. The minimum atomic E-state index is -0.507. The highest BCUT2D eigenvalue weighted by molar-refractivity contribution is 5.66. The Morgan fingerprint density at radius 2 is 1.66 bits per heavy atom. The number of hydrogen-bond acceptors (Lipinski definition) is 9. The van der Waals surface area contributed by atoms with Gasteiger partial charge in [-0.25, -0.2) is 0 Å². The summed E-state index contributed by atoms with van der Waals surface area (Å²) in [5.41, 5.74) is 1.07. The quantitative estimate of drug-likeness (QED) is 0.265. The lowest BCUT2D eigenvalue weighted by Crippen LogP contribution is -2.42. The first-order valence-corrected chi connectivity index (χ1v) is 13.6. The molecule has 214 valence electrons. The highest BCUT2D eigenvalue weighted by Crippen LogP contribution is 2.32. The van der Waals surface area contributed by atoms with E-state index in [4.69, 9.17) is 33.2 Å². The molecule has 3 rings (SSSR count). The standard InChI is InChI=1S/C29H44O9/c1-19-6-11-29(36-21(3)31)38-28(19)17-25(33-5)15-27-16-26(35-20(2)30)14-24(37-27)12-13-34-18-22-7-9-23(32-4)10-8-22/h7-10,19,24-29H,6,11-18H2,1-5H3/t19-,24-,25-,26+,27+,28+,29?/m0/s1. The number of carbonyl (C=O) groups is 2. The van der Waals surface area contributed by atoms with Gasteiger partial charge in [0.15, 0.2) is 0 Å². The van der Waals surface area contributed by atoms with Crippen molar-refractivity contribution in [3.63, 3.8) is 0 Å². The molecule has 0 amide bonds.